The van der Waals surface area contributed by atoms with Gasteiger partial charge in [0.1, 0.15) is 0 Å². The van der Waals surface area contributed by atoms with E-state index in [-0.39, 0.29) is 12.0 Å². The molecule has 2 unspecified atom stereocenters. The average molecular weight is 248 g/mol. The summed E-state index contributed by atoms with van der Waals surface area (Å²) in [5.41, 5.74) is 7.36. The van der Waals surface area contributed by atoms with Crippen LogP contribution in [0.2, 0.25) is 0 Å². The third-order valence-electron chi connectivity index (χ3n) is 3.50. The SMILES string of the molecule is CC1OCCC1CNC(=O)Cc1ccccc1N. The molecule has 2 rings (SSSR count). The molecule has 0 spiro atoms. The first-order chi connectivity index (χ1) is 8.66. The number of ether oxygens (including phenoxy) is 1. The normalized spacial score (nSPS) is 22.9. The van der Waals surface area contributed by atoms with Gasteiger partial charge in [0.25, 0.3) is 0 Å². The number of nitrogens with one attached hydrogen (secondary N) is 1. The Morgan fingerprint density at radius 3 is 2.94 bits per heavy atom. The molecule has 0 radical (unpaired) electrons. The predicted molar refractivity (Wildman–Crippen MR) is 71.1 cm³/mol. The molecule has 0 aliphatic carbocycles. The van der Waals surface area contributed by atoms with Gasteiger partial charge in [-0.25, -0.2) is 0 Å². The molecule has 1 aliphatic heterocycles. The van der Waals surface area contributed by atoms with Crippen molar-refractivity contribution in [2.24, 2.45) is 5.92 Å². The molecule has 4 nitrogen and oxygen atoms in total. The summed E-state index contributed by atoms with van der Waals surface area (Å²) in [7, 11) is 0. The van der Waals surface area contributed by atoms with Crippen LogP contribution in [0.1, 0.15) is 18.9 Å². The molecule has 98 valence electrons. The van der Waals surface area contributed by atoms with Crippen molar-refractivity contribution in [2.45, 2.75) is 25.9 Å². The molecule has 18 heavy (non-hydrogen) atoms. The van der Waals surface area contributed by atoms with Crippen molar-refractivity contribution in [1.82, 2.24) is 5.32 Å². The number of hydrogen-bond acceptors (Lipinski definition) is 3. The molecule has 1 amide bonds. The molecule has 4 heteroatoms. The Hall–Kier alpha value is -1.55. The number of nitrogens with two attached hydrogens (primary N) is 1. The number of carbonyl (C=O) groups excluding carboxylic acids is 1. The molecule has 1 aromatic rings. The van der Waals surface area contributed by atoms with Crippen LogP contribution in [-0.2, 0) is 16.0 Å². The molecule has 3 N–H and O–H groups in total. The van der Waals surface area contributed by atoms with Crippen molar-refractivity contribution in [1.29, 1.82) is 0 Å². The average Bonchev–Trinajstić information content (AvgIpc) is 2.75. The molecule has 1 heterocycles. The Morgan fingerprint density at radius 2 is 2.28 bits per heavy atom. The second-order valence-electron chi connectivity index (χ2n) is 4.80. The highest BCUT2D eigenvalue weighted by molar-refractivity contribution is 5.80. The molecular weight excluding hydrogens is 228 g/mol. The molecule has 1 aliphatic rings. The summed E-state index contributed by atoms with van der Waals surface area (Å²) in [6, 6.07) is 7.46. The molecule has 0 bridgehead atoms. The zero-order valence-corrected chi connectivity index (χ0v) is 10.7. The summed E-state index contributed by atoms with van der Waals surface area (Å²) >= 11 is 0. The van der Waals surface area contributed by atoms with E-state index in [0.717, 1.165) is 18.6 Å². The van der Waals surface area contributed by atoms with Gasteiger partial charge in [0.15, 0.2) is 0 Å². The van der Waals surface area contributed by atoms with Crippen molar-refractivity contribution in [2.75, 3.05) is 18.9 Å². The van der Waals surface area contributed by atoms with Gasteiger partial charge in [-0.1, -0.05) is 18.2 Å². The summed E-state index contributed by atoms with van der Waals surface area (Å²) in [6.07, 6.45) is 1.61. The van der Waals surface area contributed by atoms with Gasteiger partial charge < -0.3 is 15.8 Å². The largest absolute Gasteiger partial charge is 0.398 e. The molecule has 2 atom stereocenters. The molecule has 1 aromatic carbocycles. The van der Waals surface area contributed by atoms with Gasteiger partial charge in [0, 0.05) is 24.8 Å². The summed E-state index contributed by atoms with van der Waals surface area (Å²) in [4.78, 5) is 11.8. The van der Waals surface area contributed by atoms with Crippen LogP contribution in [0.15, 0.2) is 24.3 Å². The van der Waals surface area contributed by atoms with E-state index in [1.165, 1.54) is 0 Å². The topological polar surface area (TPSA) is 64.3 Å². The zero-order valence-electron chi connectivity index (χ0n) is 10.7. The summed E-state index contributed by atoms with van der Waals surface area (Å²) in [6.45, 7) is 3.54. The lowest BCUT2D eigenvalue weighted by Gasteiger charge is -2.15. The van der Waals surface area contributed by atoms with Gasteiger partial charge in [0.2, 0.25) is 5.91 Å². The summed E-state index contributed by atoms with van der Waals surface area (Å²) < 4.78 is 5.46. The van der Waals surface area contributed by atoms with E-state index in [0.29, 0.717) is 24.6 Å². The molecular formula is C14H20N2O2. The lowest BCUT2D eigenvalue weighted by molar-refractivity contribution is -0.120. The molecule has 0 aromatic heterocycles. The fraction of sp³-hybridized carbons (Fsp3) is 0.500. The number of amides is 1. The number of rotatable bonds is 4. The molecule has 1 saturated heterocycles. The Morgan fingerprint density at radius 1 is 1.50 bits per heavy atom. The standard InChI is InChI=1S/C14H20N2O2/c1-10-12(6-7-18-10)9-16-14(17)8-11-4-2-3-5-13(11)15/h2-5,10,12H,6-9,15H2,1H3,(H,16,17). The quantitative estimate of drug-likeness (QED) is 0.791. The summed E-state index contributed by atoms with van der Waals surface area (Å²) in [5, 5.41) is 2.96. The highest BCUT2D eigenvalue weighted by atomic mass is 16.5. The van der Waals surface area contributed by atoms with E-state index >= 15 is 0 Å². The smallest absolute Gasteiger partial charge is 0.224 e. The number of benzene rings is 1. The lowest BCUT2D eigenvalue weighted by atomic mass is 10.0. The number of carbonyl (C=O) groups is 1. The van der Waals surface area contributed by atoms with Crippen LogP contribution in [0.3, 0.4) is 0 Å². The monoisotopic (exact) mass is 248 g/mol. The van der Waals surface area contributed by atoms with Gasteiger partial charge in [-0.3, -0.25) is 4.79 Å². The van der Waals surface area contributed by atoms with Crippen molar-refractivity contribution in [3.05, 3.63) is 29.8 Å². The van der Waals surface area contributed by atoms with Crippen LogP contribution in [0, 0.1) is 5.92 Å². The molecule has 0 saturated carbocycles. The number of para-hydroxylation sites is 1. The van der Waals surface area contributed by atoms with Crippen LogP contribution in [0.5, 0.6) is 0 Å². The van der Waals surface area contributed by atoms with E-state index in [1.54, 1.807) is 0 Å². The minimum absolute atomic E-state index is 0.0204. The summed E-state index contributed by atoms with van der Waals surface area (Å²) in [5.74, 6) is 0.453. The van der Waals surface area contributed by atoms with Crippen LogP contribution < -0.4 is 11.1 Å². The first-order valence-corrected chi connectivity index (χ1v) is 6.38. The van der Waals surface area contributed by atoms with Gasteiger partial charge in [-0.05, 0) is 25.0 Å². The fourth-order valence-corrected chi connectivity index (χ4v) is 2.22. The Labute approximate surface area is 108 Å². The second-order valence-corrected chi connectivity index (χ2v) is 4.80. The predicted octanol–water partition coefficient (Wildman–Crippen LogP) is 1.35. The van der Waals surface area contributed by atoms with Crippen molar-refractivity contribution < 1.29 is 9.53 Å². The van der Waals surface area contributed by atoms with E-state index < -0.39 is 0 Å². The van der Waals surface area contributed by atoms with Gasteiger partial charge in [0.05, 0.1) is 12.5 Å². The first-order valence-electron chi connectivity index (χ1n) is 6.38. The minimum Gasteiger partial charge on any atom is -0.398 e. The highest BCUT2D eigenvalue weighted by Crippen LogP contribution is 2.19. The lowest BCUT2D eigenvalue weighted by Crippen LogP contribution is -2.33. The number of anilines is 1. The van der Waals surface area contributed by atoms with Crippen molar-refractivity contribution in [3.63, 3.8) is 0 Å². The molecule has 1 fully saturated rings. The Balaban J connectivity index is 1.80. The van der Waals surface area contributed by atoms with Crippen LogP contribution in [-0.4, -0.2) is 25.2 Å². The number of hydrogen-bond donors (Lipinski definition) is 2. The van der Waals surface area contributed by atoms with Gasteiger partial charge in [-0.2, -0.15) is 0 Å². The third-order valence-corrected chi connectivity index (χ3v) is 3.50. The van der Waals surface area contributed by atoms with E-state index in [2.05, 4.69) is 12.2 Å². The minimum atomic E-state index is 0.0204. The van der Waals surface area contributed by atoms with Crippen LogP contribution in [0.25, 0.3) is 0 Å². The Bertz CT molecular complexity index is 420. The van der Waals surface area contributed by atoms with Crippen LogP contribution in [0.4, 0.5) is 5.69 Å². The highest BCUT2D eigenvalue weighted by Gasteiger charge is 2.24. The van der Waals surface area contributed by atoms with E-state index in [9.17, 15) is 4.79 Å². The maximum atomic E-state index is 11.8. The Kier molecular flexibility index (Phi) is 4.20. The van der Waals surface area contributed by atoms with E-state index in [4.69, 9.17) is 10.5 Å². The van der Waals surface area contributed by atoms with Gasteiger partial charge in [-0.15, -0.1) is 0 Å². The maximum absolute atomic E-state index is 11.8. The zero-order chi connectivity index (χ0) is 13.0. The van der Waals surface area contributed by atoms with Gasteiger partial charge >= 0.3 is 0 Å². The van der Waals surface area contributed by atoms with E-state index in [1.807, 2.05) is 24.3 Å². The van der Waals surface area contributed by atoms with Crippen molar-refractivity contribution >= 4 is 11.6 Å². The second kappa shape index (κ2) is 5.87. The fourth-order valence-electron chi connectivity index (χ4n) is 2.22. The first kappa shape index (κ1) is 12.9. The maximum Gasteiger partial charge on any atom is 0.224 e. The third kappa shape index (κ3) is 3.23. The number of nitrogen functional groups attached to an aromatic ring is 1. The van der Waals surface area contributed by atoms with Crippen LogP contribution >= 0.6 is 0 Å². The van der Waals surface area contributed by atoms with Crippen molar-refractivity contribution in [3.8, 4) is 0 Å².